The Hall–Kier alpha value is -1.67. The molecule has 138 valence electrons. The van der Waals surface area contributed by atoms with Crippen molar-refractivity contribution in [3.05, 3.63) is 46.2 Å². The molecule has 3 aromatic rings. The standard InChI is InChI=1S/C17H18ClN5OS.ClH/c1-23-9-10(5-21-23)12-6-19-7-13(12)17(24)20-8-16-22-14-4-11(18)2-3-15(14)25-16;/h2-5,9,12-13,19H,6-8H2,1H3,(H,20,24);1H/t12-,13+;/m1./s1. The molecule has 1 aliphatic heterocycles. The molecule has 3 heterocycles. The van der Waals surface area contributed by atoms with Gasteiger partial charge in [-0.2, -0.15) is 5.10 Å². The molecular formula is C17H19Cl2N5OS. The first-order chi connectivity index (χ1) is 12.1. The second kappa shape index (κ2) is 7.92. The summed E-state index contributed by atoms with van der Waals surface area (Å²) < 4.78 is 2.85. The fraction of sp³-hybridized carbons (Fsp3) is 0.353. The van der Waals surface area contributed by atoms with Gasteiger partial charge in [-0.3, -0.25) is 9.48 Å². The molecule has 6 nitrogen and oxygen atoms in total. The molecule has 1 aliphatic rings. The summed E-state index contributed by atoms with van der Waals surface area (Å²) in [5.41, 5.74) is 1.97. The van der Waals surface area contributed by atoms with Crippen molar-refractivity contribution >= 4 is 51.5 Å². The summed E-state index contributed by atoms with van der Waals surface area (Å²) >= 11 is 7.58. The van der Waals surface area contributed by atoms with E-state index in [9.17, 15) is 4.79 Å². The molecule has 1 saturated heterocycles. The molecule has 1 fully saturated rings. The summed E-state index contributed by atoms with van der Waals surface area (Å²) in [6.07, 6.45) is 3.82. The van der Waals surface area contributed by atoms with E-state index >= 15 is 0 Å². The van der Waals surface area contributed by atoms with E-state index in [0.717, 1.165) is 27.3 Å². The lowest BCUT2D eigenvalue weighted by Crippen LogP contribution is -2.33. The average Bonchev–Trinajstić information content (AvgIpc) is 3.30. The maximum Gasteiger partial charge on any atom is 0.225 e. The largest absolute Gasteiger partial charge is 0.349 e. The summed E-state index contributed by atoms with van der Waals surface area (Å²) in [4.78, 5) is 17.2. The Morgan fingerprint density at radius 3 is 3.08 bits per heavy atom. The molecule has 0 bridgehead atoms. The summed E-state index contributed by atoms with van der Waals surface area (Å²) in [6.45, 7) is 1.91. The first kappa shape index (κ1) is 19.1. The fourth-order valence-electron chi connectivity index (χ4n) is 3.25. The van der Waals surface area contributed by atoms with E-state index in [4.69, 9.17) is 11.6 Å². The van der Waals surface area contributed by atoms with E-state index in [-0.39, 0.29) is 30.2 Å². The molecule has 2 atom stereocenters. The van der Waals surface area contributed by atoms with Crippen molar-refractivity contribution in [1.82, 2.24) is 25.4 Å². The van der Waals surface area contributed by atoms with Crippen LogP contribution in [0.3, 0.4) is 0 Å². The monoisotopic (exact) mass is 411 g/mol. The van der Waals surface area contributed by atoms with Gasteiger partial charge in [-0.05, 0) is 23.8 Å². The van der Waals surface area contributed by atoms with Gasteiger partial charge in [0.15, 0.2) is 0 Å². The van der Waals surface area contributed by atoms with E-state index in [1.807, 2.05) is 37.6 Å². The zero-order valence-corrected chi connectivity index (χ0v) is 16.5. The molecule has 0 unspecified atom stereocenters. The molecule has 0 radical (unpaired) electrons. The SMILES string of the molecule is Cl.Cn1cc([C@H]2CNC[C@@H]2C(=O)NCc2nc3cc(Cl)ccc3s2)cn1. The lowest BCUT2D eigenvalue weighted by atomic mass is 9.90. The van der Waals surface area contributed by atoms with Crippen LogP contribution in [0.4, 0.5) is 0 Å². The number of amides is 1. The maximum atomic E-state index is 12.7. The van der Waals surface area contributed by atoms with E-state index < -0.39 is 0 Å². The van der Waals surface area contributed by atoms with Crippen LogP contribution in [0, 0.1) is 5.92 Å². The van der Waals surface area contributed by atoms with Crippen molar-refractivity contribution < 1.29 is 4.79 Å². The summed E-state index contributed by atoms with van der Waals surface area (Å²) in [5, 5.41) is 12.1. The van der Waals surface area contributed by atoms with Crippen molar-refractivity contribution in [3.63, 3.8) is 0 Å². The van der Waals surface area contributed by atoms with Crippen LogP contribution in [0.5, 0.6) is 0 Å². The van der Waals surface area contributed by atoms with Crippen LogP contribution in [0.2, 0.25) is 5.02 Å². The summed E-state index contributed by atoms with van der Waals surface area (Å²) in [7, 11) is 1.89. The van der Waals surface area contributed by atoms with Gasteiger partial charge in [0.25, 0.3) is 0 Å². The minimum Gasteiger partial charge on any atom is -0.349 e. The lowest BCUT2D eigenvalue weighted by molar-refractivity contribution is -0.125. The topological polar surface area (TPSA) is 71.8 Å². The van der Waals surface area contributed by atoms with Crippen LogP contribution in [-0.4, -0.2) is 33.8 Å². The highest BCUT2D eigenvalue weighted by Gasteiger charge is 2.34. The third kappa shape index (κ3) is 3.86. The minimum atomic E-state index is -0.0898. The number of thiazole rings is 1. The number of halogens is 2. The Kier molecular flexibility index (Phi) is 5.82. The van der Waals surface area contributed by atoms with Gasteiger partial charge < -0.3 is 10.6 Å². The summed E-state index contributed by atoms with van der Waals surface area (Å²) in [6, 6.07) is 5.66. The summed E-state index contributed by atoms with van der Waals surface area (Å²) in [5.74, 6) is 0.118. The molecule has 4 rings (SSSR count). The zero-order chi connectivity index (χ0) is 17.4. The number of aryl methyl sites for hydroxylation is 1. The number of fused-ring (bicyclic) bond motifs is 1. The zero-order valence-electron chi connectivity index (χ0n) is 14.1. The first-order valence-corrected chi connectivity index (χ1v) is 9.31. The molecule has 26 heavy (non-hydrogen) atoms. The molecular weight excluding hydrogens is 393 g/mol. The quantitative estimate of drug-likeness (QED) is 0.692. The number of hydrogen-bond acceptors (Lipinski definition) is 5. The molecule has 0 saturated carbocycles. The van der Waals surface area contributed by atoms with E-state index in [1.54, 1.807) is 16.0 Å². The van der Waals surface area contributed by atoms with E-state index in [0.29, 0.717) is 18.1 Å². The van der Waals surface area contributed by atoms with Gasteiger partial charge in [0.05, 0.1) is 28.9 Å². The van der Waals surface area contributed by atoms with Gasteiger partial charge in [0.2, 0.25) is 5.91 Å². The van der Waals surface area contributed by atoms with Crippen LogP contribution >= 0.6 is 35.3 Å². The lowest BCUT2D eigenvalue weighted by Gasteiger charge is -2.16. The molecule has 0 aliphatic carbocycles. The Labute approximate surface area is 166 Å². The molecule has 9 heteroatoms. The molecule has 2 aromatic heterocycles. The van der Waals surface area contributed by atoms with Gasteiger partial charge in [0, 0.05) is 37.3 Å². The highest BCUT2D eigenvalue weighted by atomic mass is 35.5. The highest BCUT2D eigenvalue weighted by molar-refractivity contribution is 7.18. The number of nitrogens with one attached hydrogen (secondary N) is 2. The second-order valence-corrected chi connectivity index (χ2v) is 7.81. The Balaban J connectivity index is 0.00000196. The minimum absolute atomic E-state index is 0. The molecule has 0 spiro atoms. The van der Waals surface area contributed by atoms with E-state index in [2.05, 4.69) is 20.7 Å². The van der Waals surface area contributed by atoms with Crippen molar-refractivity contribution in [2.24, 2.45) is 13.0 Å². The van der Waals surface area contributed by atoms with Crippen molar-refractivity contribution in [2.75, 3.05) is 13.1 Å². The highest BCUT2D eigenvalue weighted by Crippen LogP contribution is 2.28. The van der Waals surface area contributed by atoms with Gasteiger partial charge in [-0.15, -0.1) is 23.7 Å². The van der Waals surface area contributed by atoms with Crippen molar-refractivity contribution in [2.45, 2.75) is 12.5 Å². The smallest absolute Gasteiger partial charge is 0.225 e. The molecule has 1 aromatic carbocycles. The number of aromatic nitrogens is 3. The number of carbonyl (C=O) groups is 1. The second-order valence-electron chi connectivity index (χ2n) is 6.26. The van der Waals surface area contributed by atoms with E-state index in [1.165, 1.54) is 0 Å². The average molecular weight is 412 g/mol. The number of hydrogen-bond donors (Lipinski definition) is 2. The fourth-order valence-corrected chi connectivity index (χ4v) is 4.31. The van der Waals surface area contributed by atoms with Crippen LogP contribution in [-0.2, 0) is 18.4 Å². The predicted octanol–water partition coefficient (Wildman–Crippen LogP) is 2.72. The van der Waals surface area contributed by atoms with Gasteiger partial charge in [0.1, 0.15) is 5.01 Å². The number of nitrogens with zero attached hydrogens (tertiary/aromatic N) is 3. The first-order valence-electron chi connectivity index (χ1n) is 8.12. The third-order valence-corrected chi connectivity index (χ3v) is 5.78. The third-order valence-electron chi connectivity index (χ3n) is 4.51. The Bertz CT molecular complexity index is 925. The Morgan fingerprint density at radius 1 is 1.46 bits per heavy atom. The predicted molar refractivity (Wildman–Crippen MR) is 106 cm³/mol. The van der Waals surface area contributed by atoms with Crippen LogP contribution in [0.1, 0.15) is 16.5 Å². The van der Waals surface area contributed by atoms with Crippen molar-refractivity contribution in [3.8, 4) is 0 Å². The number of benzene rings is 1. The van der Waals surface area contributed by atoms with Gasteiger partial charge in [-0.25, -0.2) is 4.98 Å². The number of rotatable bonds is 4. The Morgan fingerprint density at radius 2 is 2.31 bits per heavy atom. The normalized spacial score (nSPS) is 19.5. The van der Waals surface area contributed by atoms with Crippen LogP contribution in [0.15, 0.2) is 30.6 Å². The van der Waals surface area contributed by atoms with Gasteiger partial charge >= 0.3 is 0 Å². The van der Waals surface area contributed by atoms with Gasteiger partial charge in [-0.1, -0.05) is 11.6 Å². The van der Waals surface area contributed by atoms with Crippen LogP contribution < -0.4 is 10.6 Å². The number of carbonyl (C=O) groups excluding carboxylic acids is 1. The molecule has 2 N–H and O–H groups in total. The van der Waals surface area contributed by atoms with Crippen LogP contribution in [0.25, 0.3) is 10.2 Å². The maximum absolute atomic E-state index is 12.7. The van der Waals surface area contributed by atoms with Crippen molar-refractivity contribution in [1.29, 1.82) is 0 Å². The molecule has 1 amide bonds.